The van der Waals surface area contributed by atoms with E-state index in [1.165, 1.54) is 14.2 Å². The molecule has 0 spiro atoms. The van der Waals surface area contributed by atoms with Crippen LogP contribution in [0.2, 0.25) is 0 Å². The topological polar surface area (TPSA) is 85.9 Å². The van der Waals surface area contributed by atoms with Crippen molar-refractivity contribution in [1.29, 1.82) is 0 Å². The molecule has 3 aromatic rings. The number of nitrogens with one attached hydrogen (secondary N) is 2. The number of hydrogen-bond donors (Lipinski definition) is 2. The van der Waals surface area contributed by atoms with Crippen LogP contribution in [0.3, 0.4) is 0 Å². The molecule has 2 N–H and O–H groups in total. The van der Waals surface area contributed by atoms with Gasteiger partial charge in [0.25, 0.3) is 11.8 Å². The highest BCUT2D eigenvalue weighted by Crippen LogP contribution is 2.35. The van der Waals surface area contributed by atoms with Gasteiger partial charge in [0.05, 0.1) is 21.3 Å². The predicted octanol–water partition coefficient (Wildman–Crippen LogP) is 4.98. The molecule has 0 saturated heterocycles. The van der Waals surface area contributed by atoms with E-state index in [1.807, 2.05) is 0 Å². The molecule has 3 rings (SSSR count). The van der Waals surface area contributed by atoms with Gasteiger partial charge in [-0.25, -0.2) is 0 Å². The highest BCUT2D eigenvalue weighted by atomic mass is 79.9. The maximum atomic E-state index is 12.6. The van der Waals surface area contributed by atoms with Crippen molar-refractivity contribution >= 4 is 39.1 Å². The summed E-state index contributed by atoms with van der Waals surface area (Å²) in [5.41, 5.74) is 2.03. The van der Waals surface area contributed by atoms with E-state index in [1.54, 1.807) is 67.8 Å². The fourth-order valence-electron chi connectivity index (χ4n) is 2.79. The zero-order valence-electron chi connectivity index (χ0n) is 17.2. The van der Waals surface area contributed by atoms with Gasteiger partial charge in [0.15, 0.2) is 0 Å². The molecule has 8 heteroatoms. The van der Waals surface area contributed by atoms with Crippen LogP contribution < -0.4 is 24.8 Å². The minimum absolute atomic E-state index is 0.259. The van der Waals surface area contributed by atoms with Crippen LogP contribution in [0.4, 0.5) is 11.4 Å². The Morgan fingerprint density at radius 3 is 1.58 bits per heavy atom. The minimum atomic E-state index is -0.334. The van der Waals surface area contributed by atoms with Gasteiger partial charge in [-0.05, 0) is 76.6 Å². The Hall–Kier alpha value is -3.52. The molecule has 0 bridgehead atoms. The van der Waals surface area contributed by atoms with Gasteiger partial charge in [0, 0.05) is 22.5 Å². The molecule has 0 fully saturated rings. The Kier molecular flexibility index (Phi) is 7.15. The molecular formula is C23H21BrN2O5. The van der Waals surface area contributed by atoms with Crippen LogP contribution in [0, 0.1) is 0 Å². The lowest BCUT2D eigenvalue weighted by Gasteiger charge is -2.12. The third-order valence-electron chi connectivity index (χ3n) is 4.46. The van der Waals surface area contributed by atoms with E-state index in [2.05, 4.69) is 26.6 Å². The molecule has 0 saturated carbocycles. The van der Waals surface area contributed by atoms with Gasteiger partial charge in [0.2, 0.25) is 0 Å². The second-order valence-corrected chi connectivity index (χ2v) is 7.20. The zero-order valence-corrected chi connectivity index (χ0v) is 18.8. The average Bonchev–Trinajstić information content (AvgIpc) is 2.80. The first-order chi connectivity index (χ1) is 14.9. The summed E-state index contributed by atoms with van der Waals surface area (Å²) < 4.78 is 16.3. The molecule has 0 aromatic heterocycles. The predicted molar refractivity (Wildman–Crippen MR) is 123 cm³/mol. The number of ether oxygens (including phenoxy) is 3. The Morgan fingerprint density at radius 1 is 0.677 bits per heavy atom. The summed E-state index contributed by atoms with van der Waals surface area (Å²) in [7, 11) is 4.60. The van der Waals surface area contributed by atoms with Crippen molar-refractivity contribution in [2.75, 3.05) is 32.0 Å². The van der Waals surface area contributed by atoms with E-state index in [-0.39, 0.29) is 11.8 Å². The highest BCUT2D eigenvalue weighted by molar-refractivity contribution is 9.10. The van der Waals surface area contributed by atoms with Gasteiger partial charge in [-0.2, -0.15) is 0 Å². The summed E-state index contributed by atoms with van der Waals surface area (Å²) in [6.45, 7) is 0. The van der Waals surface area contributed by atoms with E-state index in [0.29, 0.717) is 44.2 Å². The second kappa shape index (κ2) is 9.99. The number of carbonyl (C=O) groups excluding carboxylic acids is 2. The van der Waals surface area contributed by atoms with Crippen LogP contribution >= 0.6 is 15.9 Å². The fourth-order valence-corrected chi connectivity index (χ4v) is 3.34. The van der Waals surface area contributed by atoms with Crippen molar-refractivity contribution in [3.8, 4) is 17.2 Å². The summed E-state index contributed by atoms with van der Waals surface area (Å²) in [5.74, 6) is 1.08. The first-order valence-corrected chi connectivity index (χ1v) is 10.0. The monoisotopic (exact) mass is 484 g/mol. The molecule has 0 radical (unpaired) electrons. The lowest BCUT2D eigenvalue weighted by Crippen LogP contribution is -2.14. The highest BCUT2D eigenvalue weighted by Gasteiger charge is 2.15. The molecule has 7 nitrogen and oxygen atoms in total. The third-order valence-corrected chi connectivity index (χ3v) is 5.24. The van der Waals surface area contributed by atoms with Gasteiger partial charge >= 0.3 is 0 Å². The van der Waals surface area contributed by atoms with Gasteiger partial charge in [0.1, 0.15) is 21.7 Å². The van der Waals surface area contributed by atoms with Crippen molar-refractivity contribution in [3.05, 3.63) is 76.3 Å². The SMILES string of the molecule is COc1ccc(NC(=O)c2ccc(NC(=O)c3cc(OC)c(Br)c(OC)c3)cc2)cc1. The Labute approximate surface area is 188 Å². The Bertz CT molecular complexity index is 1060. The molecule has 0 heterocycles. The Morgan fingerprint density at radius 2 is 1.13 bits per heavy atom. The number of methoxy groups -OCH3 is 3. The zero-order chi connectivity index (χ0) is 22.4. The van der Waals surface area contributed by atoms with Crippen LogP contribution in [-0.4, -0.2) is 33.1 Å². The lowest BCUT2D eigenvalue weighted by atomic mass is 10.1. The van der Waals surface area contributed by atoms with E-state index >= 15 is 0 Å². The van der Waals surface area contributed by atoms with Crippen LogP contribution in [-0.2, 0) is 0 Å². The lowest BCUT2D eigenvalue weighted by molar-refractivity contribution is 0.101. The second-order valence-electron chi connectivity index (χ2n) is 6.41. The molecular weight excluding hydrogens is 464 g/mol. The minimum Gasteiger partial charge on any atom is -0.497 e. The number of benzene rings is 3. The maximum Gasteiger partial charge on any atom is 0.255 e. The first kappa shape index (κ1) is 22.2. The van der Waals surface area contributed by atoms with Gasteiger partial charge < -0.3 is 24.8 Å². The van der Waals surface area contributed by atoms with Crippen molar-refractivity contribution in [2.24, 2.45) is 0 Å². The van der Waals surface area contributed by atoms with Crippen molar-refractivity contribution in [3.63, 3.8) is 0 Å². The quantitative estimate of drug-likeness (QED) is 0.493. The van der Waals surface area contributed by atoms with Gasteiger partial charge in [-0.3, -0.25) is 9.59 Å². The van der Waals surface area contributed by atoms with Crippen molar-refractivity contribution in [2.45, 2.75) is 0 Å². The summed E-state index contributed by atoms with van der Waals surface area (Å²) in [6.07, 6.45) is 0. The molecule has 160 valence electrons. The smallest absolute Gasteiger partial charge is 0.255 e. The first-order valence-electron chi connectivity index (χ1n) is 9.23. The normalized spacial score (nSPS) is 10.2. The van der Waals surface area contributed by atoms with Crippen molar-refractivity contribution < 1.29 is 23.8 Å². The fraction of sp³-hybridized carbons (Fsp3) is 0.130. The summed E-state index contributed by atoms with van der Waals surface area (Å²) >= 11 is 3.38. The van der Waals surface area contributed by atoms with Crippen LogP contribution in [0.5, 0.6) is 17.2 Å². The molecule has 31 heavy (non-hydrogen) atoms. The van der Waals surface area contributed by atoms with Crippen LogP contribution in [0.15, 0.2) is 65.1 Å². The largest absolute Gasteiger partial charge is 0.497 e. The Balaban J connectivity index is 1.68. The summed E-state index contributed by atoms with van der Waals surface area (Å²) in [4.78, 5) is 25.1. The van der Waals surface area contributed by atoms with Crippen LogP contribution in [0.25, 0.3) is 0 Å². The summed E-state index contributed by atoms with van der Waals surface area (Å²) in [6, 6.07) is 16.9. The van der Waals surface area contributed by atoms with E-state index in [4.69, 9.17) is 14.2 Å². The van der Waals surface area contributed by atoms with Crippen LogP contribution in [0.1, 0.15) is 20.7 Å². The van der Waals surface area contributed by atoms with Crippen molar-refractivity contribution in [1.82, 2.24) is 0 Å². The molecule has 0 aliphatic heterocycles. The number of carbonyl (C=O) groups is 2. The van der Waals surface area contributed by atoms with E-state index in [0.717, 1.165) is 0 Å². The number of rotatable bonds is 7. The number of amides is 2. The van der Waals surface area contributed by atoms with E-state index < -0.39 is 0 Å². The van der Waals surface area contributed by atoms with E-state index in [9.17, 15) is 9.59 Å². The molecule has 0 unspecified atom stereocenters. The molecule has 3 aromatic carbocycles. The third kappa shape index (κ3) is 5.35. The maximum absolute atomic E-state index is 12.6. The molecule has 0 aliphatic carbocycles. The summed E-state index contributed by atoms with van der Waals surface area (Å²) in [5, 5.41) is 5.61. The average molecular weight is 485 g/mol. The molecule has 0 atom stereocenters. The van der Waals surface area contributed by atoms with Gasteiger partial charge in [-0.1, -0.05) is 0 Å². The standard InChI is InChI=1S/C23H21BrN2O5/c1-29-18-10-8-17(9-11-18)25-22(27)14-4-6-16(7-5-14)26-23(28)15-12-19(30-2)21(24)20(13-15)31-3/h4-13H,1-3H3,(H,25,27)(H,26,28). The molecule has 2 amide bonds. The number of hydrogen-bond acceptors (Lipinski definition) is 5. The number of halogens is 1. The van der Waals surface area contributed by atoms with Gasteiger partial charge in [-0.15, -0.1) is 0 Å². The molecule has 0 aliphatic rings. The number of anilines is 2.